The van der Waals surface area contributed by atoms with Gasteiger partial charge in [-0.1, -0.05) is 12.1 Å². The lowest BCUT2D eigenvalue weighted by Crippen LogP contribution is -2.25. The summed E-state index contributed by atoms with van der Waals surface area (Å²) in [5.74, 6) is -0.114. The fourth-order valence-corrected chi connectivity index (χ4v) is 2.05. The van der Waals surface area contributed by atoms with Crippen molar-refractivity contribution in [1.29, 1.82) is 0 Å². The number of hydrogen-bond donors (Lipinski definition) is 1. The van der Waals surface area contributed by atoms with Crippen LogP contribution in [0.1, 0.15) is 15.9 Å². The summed E-state index contributed by atoms with van der Waals surface area (Å²) in [6, 6.07) is 11.6. The van der Waals surface area contributed by atoms with E-state index in [4.69, 9.17) is 4.42 Å². The molecule has 5 nitrogen and oxygen atoms in total. The van der Waals surface area contributed by atoms with Gasteiger partial charge in [-0.3, -0.25) is 4.79 Å². The van der Waals surface area contributed by atoms with E-state index >= 15 is 0 Å². The Morgan fingerprint density at radius 1 is 1.24 bits per heavy atom. The van der Waals surface area contributed by atoms with Crippen molar-refractivity contribution >= 4 is 5.91 Å². The number of furan rings is 1. The molecule has 0 aliphatic heterocycles. The summed E-state index contributed by atoms with van der Waals surface area (Å²) in [5.41, 5.74) is 2.73. The molecule has 0 radical (unpaired) electrons. The molecule has 0 saturated carbocycles. The number of aromatic nitrogens is 2. The molecule has 1 amide bonds. The highest BCUT2D eigenvalue weighted by molar-refractivity contribution is 5.93. The topological polar surface area (TPSA) is 60.1 Å². The Kier molecular flexibility index (Phi) is 3.82. The molecule has 1 aromatic carbocycles. The monoisotopic (exact) mass is 281 g/mol. The predicted octanol–water partition coefficient (Wildman–Crippen LogP) is 2.44. The molecular weight excluding hydrogens is 266 g/mol. The number of amides is 1. The highest BCUT2D eigenvalue weighted by Crippen LogP contribution is 2.09. The molecule has 0 bridgehead atoms. The van der Waals surface area contributed by atoms with Gasteiger partial charge >= 0.3 is 0 Å². The van der Waals surface area contributed by atoms with Crippen molar-refractivity contribution in [2.24, 2.45) is 0 Å². The van der Waals surface area contributed by atoms with Crippen molar-refractivity contribution in [2.75, 3.05) is 6.54 Å². The zero-order valence-electron chi connectivity index (χ0n) is 11.4. The van der Waals surface area contributed by atoms with Crippen LogP contribution in [0.4, 0.5) is 0 Å². The fraction of sp³-hybridized carbons (Fsp3) is 0.125. The van der Waals surface area contributed by atoms with E-state index in [1.165, 1.54) is 18.1 Å². The highest BCUT2D eigenvalue weighted by Gasteiger charge is 2.05. The Bertz CT molecular complexity index is 686. The molecular formula is C16H15N3O2. The largest absolute Gasteiger partial charge is 0.472 e. The van der Waals surface area contributed by atoms with Crippen LogP contribution in [-0.2, 0) is 6.42 Å². The average Bonchev–Trinajstić information content (AvgIpc) is 3.21. The van der Waals surface area contributed by atoms with Crippen molar-refractivity contribution in [2.45, 2.75) is 6.42 Å². The second-order valence-electron chi connectivity index (χ2n) is 4.64. The number of hydrogen-bond acceptors (Lipinski definition) is 3. The first kappa shape index (κ1) is 13.2. The second kappa shape index (κ2) is 6.09. The van der Waals surface area contributed by atoms with Gasteiger partial charge in [0.25, 0.3) is 5.91 Å². The normalized spacial score (nSPS) is 10.5. The minimum atomic E-state index is -0.114. The fourth-order valence-electron chi connectivity index (χ4n) is 2.05. The van der Waals surface area contributed by atoms with Gasteiger partial charge in [-0.25, -0.2) is 4.68 Å². The van der Waals surface area contributed by atoms with Crippen LogP contribution >= 0.6 is 0 Å². The van der Waals surface area contributed by atoms with Crippen molar-refractivity contribution in [3.8, 4) is 5.69 Å². The molecule has 0 aliphatic carbocycles. The summed E-state index contributed by atoms with van der Waals surface area (Å²) in [7, 11) is 0. The van der Waals surface area contributed by atoms with E-state index < -0.39 is 0 Å². The van der Waals surface area contributed by atoms with E-state index in [2.05, 4.69) is 10.4 Å². The van der Waals surface area contributed by atoms with E-state index in [0.29, 0.717) is 12.1 Å². The summed E-state index contributed by atoms with van der Waals surface area (Å²) in [5, 5.41) is 7.04. The van der Waals surface area contributed by atoms with E-state index in [9.17, 15) is 4.79 Å². The summed E-state index contributed by atoms with van der Waals surface area (Å²) in [4.78, 5) is 11.7. The van der Waals surface area contributed by atoms with Gasteiger partial charge in [0.15, 0.2) is 0 Å². The Hall–Kier alpha value is -2.82. The van der Waals surface area contributed by atoms with Crippen LogP contribution in [0.25, 0.3) is 5.69 Å². The average molecular weight is 281 g/mol. The van der Waals surface area contributed by atoms with Crippen molar-refractivity contribution in [3.05, 3.63) is 72.4 Å². The van der Waals surface area contributed by atoms with Crippen LogP contribution in [0, 0.1) is 0 Å². The molecule has 3 aromatic rings. The van der Waals surface area contributed by atoms with Crippen molar-refractivity contribution in [1.82, 2.24) is 15.1 Å². The summed E-state index contributed by atoms with van der Waals surface area (Å²) >= 11 is 0. The lowest BCUT2D eigenvalue weighted by molar-refractivity contribution is 0.0953. The van der Waals surface area contributed by atoms with Crippen LogP contribution < -0.4 is 5.32 Å². The molecule has 0 unspecified atom stereocenters. The highest BCUT2D eigenvalue weighted by atomic mass is 16.3. The molecule has 0 aliphatic rings. The third-order valence-electron chi connectivity index (χ3n) is 3.19. The van der Waals surface area contributed by atoms with Gasteiger partial charge in [-0.2, -0.15) is 5.10 Å². The molecule has 106 valence electrons. The van der Waals surface area contributed by atoms with E-state index in [-0.39, 0.29) is 5.91 Å². The van der Waals surface area contributed by atoms with Gasteiger partial charge in [0.2, 0.25) is 0 Å². The number of rotatable bonds is 5. The van der Waals surface area contributed by atoms with Gasteiger partial charge in [-0.05, 0) is 36.2 Å². The van der Waals surface area contributed by atoms with Crippen molar-refractivity contribution in [3.63, 3.8) is 0 Å². The molecule has 21 heavy (non-hydrogen) atoms. The zero-order chi connectivity index (χ0) is 14.5. The maximum atomic E-state index is 11.7. The first-order valence-corrected chi connectivity index (χ1v) is 6.72. The second-order valence-corrected chi connectivity index (χ2v) is 4.64. The molecule has 1 N–H and O–H groups in total. The Morgan fingerprint density at radius 2 is 2.10 bits per heavy atom. The number of nitrogens with zero attached hydrogens (tertiary/aromatic N) is 2. The van der Waals surface area contributed by atoms with Crippen LogP contribution in [0.5, 0.6) is 0 Å². The maximum Gasteiger partial charge on any atom is 0.254 e. The van der Waals surface area contributed by atoms with Gasteiger partial charge in [0.05, 0.1) is 17.5 Å². The smallest absolute Gasteiger partial charge is 0.254 e. The van der Waals surface area contributed by atoms with Gasteiger partial charge in [0, 0.05) is 18.9 Å². The quantitative estimate of drug-likeness (QED) is 0.781. The summed E-state index contributed by atoms with van der Waals surface area (Å²) in [6.45, 7) is 0.588. The third kappa shape index (κ3) is 3.20. The minimum Gasteiger partial charge on any atom is -0.472 e. The molecule has 0 spiro atoms. The minimum absolute atomic E-state index is 0.114. The van der Waals surface area contributed by atoms with Crippen LogP contribution in [0.2, 0.25) is 0 Å². The number of benzene rings is 1. The Morgan fingerprint density at radius 3 is 2.76 bits per heavy atom. The lowest BCUT2D eigenvalue weighted by Gasteiger charge is -2.05. The molecule has 3 rings (SSSR count). The molecule has 2 heterocycles. The molecule has 0 fully saturated rings. The Balaban J connectivity index is 1.53. The molecule has 2 aromatic heterocycles. The standard InChI is InChI=1S/C16H15N3O2/c20-16(14-7-11-21-12-14)17-9-6-13-2-4-15(5-3-13)19-10-1-8-18-19/h1-5,7-8,10-12H,6,9H2,(H,17,20). The molecule has 5 heteroatoms. The van der Waals surface area contributed by atoms with E-state index in [1.807, 2.05) is 41.2 Å². The molecule has 0 saturated heterocycles. The van der Waals surface area contributed by atoms with Crippen LogP contribution in [0.15, 0.2) is 65.7 Å². The third-order valence-corrected chi connectivity index (χ3v) is 3.19. The number of carbonyl (C=O) groups is 1. The molecule has 0 atom stereocenters. The summed E-state index contributed by atoms with van der Waals surface area (Å²) in [6.07, 6.45) is 7.36. The van der Waals surface area contributed by atoms with E-state index in [0.717, 1.165) is 12.1 Å². The van der Waals surface area contributed by atoms with Gasteiger partial charge < -0.3 is 9.73 Å². The van der Waals surface area contributed by atoms with E-state index in [1.54, 1.807) is 12.3 Å². The van der Waals surface area contributed by atoms with Crippen molar-refractivity contribution < 1.29 is 9.21 Å². The SMILES string of the molecule is O=C(NCCc1ccc(-n2cccn2)cc1)c1ccoc1. The number of carbonyl (C=O) groups excluding carboxylic acids is 1. The van der Waals surface area contributed by atoms with Gasteiger partial charge in [0.1, 0.15) is 6.26 Å². The zero-order valence-corrected chi connectivity index (χ0v) is 11.4. The first-order valence-electron chi connectivity index (χ1n) is 6.72. The van der Waals surface area contributed by atoms with Gasteiger partial charge in [-0.15, -0.1) is 0 Å². The first-order chi connectivity index (χ1) is 10.3. The Labute approximate surface area is 122 Å². The lowest BCUT2D eigenvalue weighted by atomic mass is 10.1. The number of nitrogens with one attached hydrogen (secondary N) is 1. The van der Waals surface area contributed by atoms with Crippen LogP contribution in [-0.4, -0.2) is 22.2 Å². The summed E-state index contributed by atoms with van der Waals surface area (Å²) < 4.78 is 6.69. The predicted molar refractivity (Wildman–Crippen MR) is 78.3 cm³/mol. The maximum absolute atomic E-state index is 11.7. The van der Waals surface area contributed by atoms with Crippen LogP contribution in [0.3, 0.4) is 0 Å².